The maximum Gasteiger partial charge on any atom is 0.238 e. The summed E-state index contributed by atoms with van der Waals surface area (Å²) in [5, 5.41) is 0.640. The normalized spacial score (nSPS) is 10.6. The van der Waals surface area contributed by atoms with E-state index in [4.69, 9.17) is 20.8 Å². The number of aryl methyl sites for hydroxylation is 2. The highest BCUT2D eigenvalue weighted by molar-refractivity contribution is 6.30. The molecule has 0 saturated heterocycles. The van der Waals surface area contributed by atoms with E-state index in [0.29, 0.717) is 35.3 Å². The Kier molecular flexibility index (Phi) is 8.21. The highest BCUT2D eigenvalue weighted by Gasteiger charge is 2.10. The molecule has 3 aromatic rings. The first-order chi connectivity index (χ1) is 15.4. The summed E-state index contributed by atoms with van der Waals surface area (Å²) >= 11 is 5.91. The van der Waals surface area contributed by atoms with E-state index in [-0.39, 0.29) is 36.9 Å². The fourth-order valence-electron chi connectivity index (χ4n) is 2.85. The van der Waals surface area contributed by atoms with Gasteiger partial charge in [0.05, 0.1) is 12.8 Å². The number of nitrogens with one attached hydrogen (secondary N) is 2. The van der Waals surface area contributed by atoms with Gasteiger partial charge >= 0.3 is 0 Å². The fourth-order valence-corrected chi connectivity index (χ4v) is 3.07. The van der Waals surface area contributed by atoms with Gasteiger partial charge in [-0.2, -0.15) is 0 Å². The smallest absolute Gasteiger partial charge is 0.238 e. The van der Waals surface area contributed by atoms with Crippen molar-refractivity contribution in [2.75, 3.05) is 6.61 Å². The van der Waals surface area contributed by atoms with Gasteiger partial charge in [0.2, 0.25) is 11.8 Å². The summed E-state index contributed by atoms with van der Waals surface area (Å²) < 4.78 is 24.2. The maximum atomic E-state index is 13.0. The minimum absolute atomic E-state index is 0.0859. The first kappa shape index (κ1) is 23.3. The third-order valence-electron chi connectivity index (χ3n) is 4.53. The van der Waals surface area contributed by atoms with Crippen molar-refractivity contribution in [1.29, 1.82) is 0 Å². The van der Waals surface area contributed by atoms with E-state index in [2.05, 4.69) is 15.8 Å². The molecule has 9 heteroatoms. The third-order valence-corrected chi connectivity index (χ3v) is 4.77. The second kappa shape index (κ2) is 11.3. The number of rotatable bonds is 9. The Balaban J connectivity index is 1.31. The van der Waals surface area contributed by atoms with E-state index in [0.717, 1.165) is 11.3 Å². The average Bonchev–Trinajstić information content (AvgIpc) is 3.24. The van der Waals surface area contributed by atoms with Crippen molar-refractivity contribution in [2.45, 2.75) is 32.6 Å². The SMILES string of the molecule is Cc1cc(Cl)ccc1OCCCC(=O)NNC(=O)CCc1ncc(-c2ccc(F)cc2)o1. The van der Waals surface area contributed by atoms with Crippen LogP contribution in [-0.2, 0) is 16.0 Å². The predicted molar refractivity (Wildman–Crippen MR) is 117 cm³/mol. The van der Waals surface area contributed by atoms with Gasteiger partial charge in [-0.1, -0.05) is 11.6 Å². The molecule has 32 heavy (non-hydrogen) atoms. The summed E-state index contributed by atoms with van der Waals surface area (Å²) in [5.74, 6) is 0.566. The third kappa shape index (κ3) is 7.09. The molecule has 3 rings (SSSR count). The van der Waals surface area contributed by atoms with E-state index >= 15 is 0 Å². The van der Waals surface area contributed by atoms with Crippen LogP contribution >= 0.6 is 11.6 Å². The quantitative estimate of drug-likeness (QED) is 0.366. The lowest BCUT2D eigenvalue weighted by Crippen LogP contribution is -2.41. The predicted octanol–water partition coefficient (Wildman–Crippen LogP) is 4.38. The summed E-state index contributed by atoms with van der Waals surface area (Å²) in [4.78, 5) is 27.9. The van der Waals surface area contributed by atoms with Crippen LogP contribution in [0.3, 0.4) is 0 Å². The molecule has 0 aliphatic rings. The number of benzene rings is 2. The summed E-state index contributed by atoms with van der Waals surface area (Å²) in [6, 6.07) is 11.2. The van der Waals surface area contributed by atoms with E-state index in [1.54, 1.807) is 30.3 Å². The average molecular weight is 460 g/mol. The van der Waals surface area contributed by atoms with Gasteiger partial charge in [0.25, 0.3) is 0 Å². The zero-order valence-electron chi connectivity index (χ0n) is 17.5. The lowest BCUT2D eigenvalue weighted by atomic mass is 10.2. The van der Waals surface area contributed by atoms with Crippen molar-refractivity contribution in [2.24, 2.45) is 0 Å². The second-order valence-corrected chi connectivity index (χ2v) is 7.52. The number of hydrogen-bond donors (Lipinski definition) is 2. The van der Waals surface area contributed by atoms with Gasteiger partial charge in [0.15, 0.2) is 11.7 Å². The molecule has 168 valence electrons. The van der Waals surface area contributed by atoms with Crippen LogP contribution in [0.15, 0.2) is 53.1 Å². The number of halogens is 2. The summed E-state index contributed by atoms with van der Waals surface area (Å²) in [7, 11) is 0. The number of hydrazine groups is 1. The molecule has 0 spiro atoms. The summed E-state index contributed by atoms with van der Waals surface area (Å²) in [6.07, 6.45) is 2.57. The fraction of sp³-hybridized carbons (Fsp3) is 0.261. The molecule has 0 unspecified atom stereocenters. The molecular weight excluding hydrogens is 437 g/mol. The van der Waals surface area contributed by atoms with Crippen molar-refractivity contribution in [3.8, 4) is 17.1 Å². The molecule has 0 bridgehead atoms. The Labute approximate surface area is 189 Å². The number of oxazole rings is 1. The molecule has 2 amide bonds. The minimum atomic E-state index is -0.368. The monoisotopic (exact) mass is 459 g/mol. The van der Waals surface area contributed by atoms with Gasteiger partial charge in [0, 0.05) is 29.8 Å². The highest BCUT2D eigenvalue weighted by Crippen LogP contribution is 2.22. The van der Waals surface area contributed by atoms with Crippen LogP contribution in [0.1, 0.15) is 30.7 Å². The Morgan fingerprint density at radius 3 is 2.53 bits per heavy atom. The van der Waals surface area contributed by atoms with Gasteiger partial charge in [-0.25, -0.2) is 9.37 Å². The molecule has 1 heterocycles. The molecule has 0 aliphatic carbocycles. The maximum absolute atomic E-state index is 13.0. The first-order valence-electron chi connectivity index (χ1n) is 10.1. The van der Waals surface area contributed by atoms with Crippen molar-refractivity contribution < 1.29 is 23.1 Å². The zero-order chi connectivity index (χ0) is 22.9. The van der Waals surface area contributed by atoms with Crippen LogP contribution in [0.2, 0.25) is 5.02 Å². The van der Waals surface area contributed by atoms with Crippen LogP contribution in [0.5, 0.6) is 5.75 Å². The molecule has 0 aliphatic heterocycles. The number of nitrogens with zero attached hydrogens (tertiary/aromatic N) is 1. The van der Waals surface area contributed by atoms with Gasteiger partial charge < -0.3 is 9.15 Å². The summed E-state index contributed by atoms with van der Waals surface area (Å²) in [6.45, 7) is 2.26. The van der Waals surface area contributed by atoms with E-state index in [1.807, 2.05) is 6.92 Å². The van der Waals surface area contributed by atoms with Crippen molar-refractivity contribution >= 4 is 23.4 Å². The van der Waals surface area contributed by atoms with Crippen LogP contribution in [0.25, 0.3) is 11.3 Å². The van der Waals surface area contributed by atoms with Crippen molar-refractivity contribution in [3.63, 3.8) is 0 Å². The number of aromatic nitrogens is 1. The Morgan fingerprint density at radius 1 is 1.09 bits per heavy atom. The Morgan fingerprint density at radius 2 is 1.81 bits per heavy atom. The van der Waals surface area contributed by atoms with Gasteiger partial charge in [0.1, 0.15) is 11.6 Å². The van der Waals surface area contributed by atoms with E-state index in [1.165, 1.54) is 18.3 Å². The lowest BCUT2D eigenvalue weighted by Gasteiger charge is -2.10. The molecule has 2 aromatic carbocycles. The standard InChI is InChI=1S/C23H23ClFN3O4/c1-15-13-17(24)6-9-19(15)31-12-2-3-21(29)27-28-22(30)10-11-23-26-14-20(32-23)16-4-7-18(25)8-5-16/h4-9,13-14H,2-3,10-12H2,1H3,(H,27,29)(H,28,30). The van der Waals surface area contributed by atoms with Crippen LogP contribution < -0.4 is 15.6 Å². The number of carbonyl (C=O) groups is 2. The highest BCUT2D eigenvalue weighted by atomic mass is 35.5. The molecule has 0 saturated carbocycles. The molecule has 0 radical (unpaired) electrons. The summed E-state index contributed by atoms with van der Waals surface area (Å²) in [5.41, 5.74) is 6.35. The van der Waals surface area contributed by atoms with Crippen LogP contribution in [-0.4, -0.2) is 23.4 Å². The largest absolute Gasteiger partial charge is 0.493 e. The van der Waals surface area contributed by atoms with Crippen LogP contribution in [0, 0.1) is 12.7 Å². The molecule has 2 N–H and O–H groups in total. The van der Waals surface area contributed by atoms with Gasteiger partial charge in [-0.15, -0.1) is 0 Å². The van der Waals surface area contributed by atoms with Gasteiger partial charge in [-0.05, 0) is 61.4 Å². The van der Waals surface area contributed by atoms with E-state index < -0.39 is 0 Å². The van der Waals surface area contributed by atoms with Crippen molar-refractivity contribution in [1.82, 2.24) is 15.8 Å². The second-order valence-electron chi connectivity index (χ2n) is 7.08. The molecule has 0 atom stereocenters. The number of hydrogen-bond acceptors (Lipinski definition) is 5. The molecule has 7 nitrogen and oxygen atoms in total. The zero-order valence-corrected chi connectivity index (χ0v) is 18.2. The van der Waals surface area contributed by atoms with Crippen molar-refractivity contribution in [3.05, 3.63) is 71.0 Å². The minimum Gasteiger partial charge on any atom is -0.493 e. The van der Waals surface area contributed by atoms with E-state index in [9.17, 15) is 14.0 Å². The number of amides is 2. The topological polar surface area (TPSA) is 93.5 Å². The Hall–Kier alpha value is -3.39. The number of ether oxygens (including phenoxy) is 1. The molecular formula is C23H23ClFN3O4. The molecule has 1 aromatic heterocycles. The Bertz CT molecular complexity index is 1070. The number of carbonyl (C=O) groups excluding carboxylic acids is 2. The van der Waals surface area contributed by atoms with Gasteiger partial charge in [-0.3, -0.25) is 20.4 Å². The lowest BCUT2D eigenvalue weighted by molar-refractivity contribution is -0.129. The molecule has 0 fully saturated rings. The van der Waals surface area contributed by atoms with Crippen LogP contribution in [0.4, 0.5) is 4.39 Å². The first-order valence-corrected chi connectivity index (χ1v) is 10.5.